The molecule has 0 fully saturated rings. The minimum absolute atomic E-state index is 0.145. The zero-order valence-corrected chi connectivity index (χ0v) is 9.62. The molecule has 4 N–H and O–H groups in total. The molecule has 0 radical (unpaired) electrons. The fraction of sp³-hybridized carbons (Fsp3) is 0.100. The number of amidine groups is 1. The Morgan fingerprint density at radius 2 is 2.47 bits per heavy atom. The molecule has 5 heteroatoms. The average molecular weight is 237 g/mol. The number of nitrogens with two attached hydrogens (primary N) is 1. The second-order valence-corrected chi connectivity index (χ2v) is 5.00. The molecule has 2 aromatic rings. The van der Waals surface area contributed by atoms with Crippen molar-refractivity contribution in [2.75, 3.05) is 0 Å². The van der Waals surface area contributed by atoms with E-state index in [1.807, 2.05) is 23.7 Å². The van der Waals surface area contributed by atoms with E-state index in [0.717, 1.165) is 10.6 Å². The molecule has 0 atom stereocenters. The summed E-state index contributed by atoms with van der Waals surface area (Å²) in [6.07, 6.45) is 1.92. The van der Waals surface area contributed by atoms with Gasteiger partial charge in [-0.15, -0.1) is 23.1 Å². The van der Waals surface area contributed by atoms with Crippen LogP contribution in [0.4, 0.5) is 0 Å². The maximum Gasteiger partial charge on any atom is 0.133 e. The molecule has 2 rings (SSSR count). The van der Waals surface area contributed by atoms with Crippen LogP contribution in [0.5, 0.6) is 0 Å². The Morgan fingerprint density at radius 3 is 3.07 bits per heavy atom. The van der Waals surface area contributed by atoms with Crippen LogP contribution in [0.1, 0.15) is 10.6 Å². The van der Waals surface area contributed by atoms with E-state index in [1.165, 1.54) is 21.9 Å². The Kier molecular flexibility index (Phi) is 3.13. The molecule has 0 spiro atoms. The summed E-state index contributed by atoms with van der Waals surface area (Å²) >= 11 is 3.26. The number of nitrogens with one attached hydrogen (secondary N) is 2. The van der Waals surface area contributed by atoms with Crippen molar-refractivity contribution >= 4 is 28.9 Å². The minimum atomic E-state index is 0.145. The van der Waals surface area contributed by atoms with E-state index in [9.17, 15) is 0 Å². The first-order valence-electron chi connectivity index (χ1n) is 4.43. The molecule has 0 aliphatic heterocycles. The molecule has 78 valence electrons. The Hall–Kier alpha value is -1.20. The summed E-state index contributed by atoms with van der Waals surface area (Å²) in [7, 11) is 0. The van der Waals surface area contributed by atoms with Gasteiger partial charge in [0.2, 0.25) is 0 Å². The number of hydrogen-bond acceptors (Lipinski definition) is 3. The summed E-state index contributed by atoms with van der Waals surface area (Å²) in [6, 6.07) is 6.01. The number of H-pyrrole nitrogens is 1. The van der Waals surface area contributed by atoms with E-state index in [1.54, 1.807) is 11.8 Å². The van der Waals surface area contributed by atoms with E-state index in [4.69, 9.17) is 11.1 Å². The van der Waals surface area contributed by atoms with Crippen molar-refractivity contribution in [2.24, 2.45) is 5.73 Å². The van der Waals surface area contributed by atoms with Gasteiger partial charge in [0, 0.05) is 27.9 Å². The van der Waals surface area contributed by atoms with Crippen molar-refractivity contribution in [1.29, 1.82) is 5.41 Å². The summed E-state index contributed by atoms with van der Waals surface area (Å²) < 4.78 is 0. The third-order valence-corrected chi connectivity index (χ3v) is 4.03. The molecule has 3 nitrogen and oxygen atoms in total. The van der Waals surface area contributed by atoms with Gasteiger partial charge < -0.3 is 10.7 Å². The van der Waals surface area contributed by atoms with Crippen LogP contribution in [-0.2, 0) is 5.75 Å². The Morgan fingerprint density at radius 1 is 1.60 bits per heavy atom. The van der Waals surface area contributed by atoms with Gasteiger partial charge in [-0.05, 0) is 18.2 Å². The van der Waals surface area contributed by atoms with Gasteiger partial charge in [-0.25, -0.2) is 0 Å². The van der Waals surface area contributed by atoms with E-state index in [-0.39, 0.29) is 5.84 Å². The molecule has 0 aliphatic carbocycles. The van der Waals surface area contributed by atoms with Gasteiger partial charge in [0.1, 0.15) is 5.84 Å². The molecule has 0 aliphatic rings. The highest BCUT2D eigenvalue weighted by Crippen LogP contribution is 2.26. The zero-order valence-electron chi connectivity index (χ0n) is 7.99. The van der Waals surface area contributed by atoms with Crippen LogP contribution in [0.25, 0.3) is 0 Å². The number of aromatic amines is 1. The lowest BCUT2D eigenvalue weighted by molar-refractivity contribution is 1.23. The van der Waals surface area contributed by atoms with Crippen molar-refractivity contribution in [2.45, 2.75) is 10.6 Å². The Labute approximate surface area is 96.2 Å². The number of hydrogen-bond donors (Lipinski definition) is 3. The lowest BCUT2D eigenvalue weighted by Gasteiger charge is -1.95. The van der Waals surface area contributed by atoms with Crippen molar-refractivity contribution in [3.05, 3.63) is 40.3 Å². The zero-order chi connectivity index (χ0) is 10.7. The van der Waals surface area contributed by atoms with Crippen molar-refractivity contribution < 1.29 is 0 Å². The number of thiophene rings is 1. The largest absolute Gasteiger partial charge is 0.383 e. The molecular formula is C10H11N3S2. The van der Waals surface area contributed by atoms with E-state index < -0.39 is 0 Å². The van der Waals surface area contributed by atoms with Crippen LogP contribution in [0.3, 0.4) is 0 Å². The van der Waals surface area contributed by atoms with Crippen LogP contribution in [0.2, 0.25) is 0 Å². The first-order chi connectivity index (χ1) is 7.25. The van der Waals surface area contributed by atoms with Gasteiger partial charge in [-0.1, -0.05) is 0 Å². The number of aromatic nitrogens is 1. The molecule has 0 saturated heterocycles. The topological polar surface area (TPSA) is 65.7 Å². The first-order valence-corrected chi connectivity index (χ1v) is 6.30. The highest BCUT2D eigenvalue weighted by Gasteiger charge is 2.03. The summed E-state index contributed by atoms with van der Waals surface area (Å²) in [6.45, 7) is 0. The Bertz CT molecular complexity index is 445. The van der Waals surface area contributed by atoms with Gasteiger partial charge in [0.05, 0.1) is 4.88 Å². The molecule has 0 aromatic carbocycles. The lowest BCUT2D eigenvalue weighted by atomic mass is 10.4. The van der Waals surface area contributed by atoms with Gasteiger partial charge in [0.15, 0.2) is 0 Å². The summed E-state index contributed by atoms with van der Waals surface area (Å²) in [5, 5.41) is 9.33. The highest BCUT2D eigenvalue weighted by molar-refractivity contribution is 7.98. The van der Waals surface area contributed by atoms with Crippen LogP contribution in [0, 0.1) is 5.41 Å². The SMILES string of the molecule is N=C(N)c1cc(SCc2ccc[nH]2)cs1. The first kappa shape index (κ1) is 10.3. The summed E-state index contributed by atoms with van der Waals surface area (Å²) in [4.78, 5) is 5.16. The predicted octanol–water partition coefficient (Wildman–Crippen LogP) is 2.65. The normalized spacial score (nSPS) is 10.4. The molecule has 0 unspecified atom stereocenters. The van der Waals surface area contributed by atoms with Gasteiger partial charge >= 0.3 is 0 Å². The summed E-state index contributed by atoms with van der Waals surface area (Å²) in [5.41, 5.74) is 6.60. The number of thioether (sulfide) groups is 1. The molecule has 0 bridgehead atoms. The fourth-order valence-electron chi connectivity index (χ4n) is 1.15. The second-order valence-electron chi connectivity index (χ2n) is 3.04. The lowest BCUT2D eigenvalue weighted by Crippen LogP contribution is -2.08. The van der Waals surface area contributed by atoms with Crippen LogP contribution < -0.4 is 5.73 Å². The molecule has 2 heterocycles. The van der Waals surface area contributed by atoms with E-state index in [0.29, 0.717) is 0 Å². The maximum atomic E-state index is 7.29. The average Bonchev–Trinajstić information content (AvgIpc) is 2.86. The van der Waals surface area contributed by atoms with Gasteiger partial charge in [-0.2, -0.15) is 0 Å². The highest BCUT2D eigenvalue weighted by atomic mass is 32.2. The van der Waals surface area contributed by atoms with Crippen molar-refractivity contribution in [3.63, 3.8) is 0 Å². The van der Waals surface area contributed by atoms with Gasteiger partial charge in [0.25, 0.3) is 0 Å². The molecule has 0 amide bonds. The predicted molar refractivity (Wildman–Crippen MR) is 65.7 cm³/mol. The maximum absolute atomic E-state index is 7.29. The standard InChI is InChI=1S/C10H11N3S2/c11-10(12)9-4-8(6-15-9)14-5-7-2-1-3-13-7/h1-4,6,13H,5H2,(H3,11,12). The van der Waals surface area contributed by atoms with Crippen LogP contribution in [-0.4, -0.2) is 10.8 Å². The molecular weight excluding hydrogens is 226 g/mol. The van der Waals surface area contributed by atoms with E-state index in [2.05, 4.69) is 11.1 Å². The molecule has 0 saturated carbocycles. The van der Waals surface area contributed by atoms with Crippen molar-refractivity contribution in [3.8, 4) is 0 Å². The fourth-order valence-corrected chi connectivity index (χ4v) is 2.98. The number of nitrogen functional groups attached to an aromatic ring is 1. The summed E-state index contributed by atoms with van der Waals surface area (Å²) in [5.74, 6) is 1.06. The van der Waals surface area contributed by atoms with Gasteiger partial charge in [-0.3, -0.25) is 5.41 Å². The van der Waals surface area contributed by atoms with Crippen LogP contribution >= 0.6 is 23.1 Å². The number of rotatable bonds is 4. The quantitative estimate of drug-likeness (QED) is 0.435. The smallest absolute Gasteiger partial charge is 0.133 e. The second kappa shape index (κ2) is 4.55. The van der Waals surface area contributed by atoms with E-state index >= 15 is 0 Å². The van der Waals surface area contributed by atoms with Crippen LogP contribution in [0.15, 0.2) is 34.7 Å². The molecule has 15 heavy (non-hydrogen) atoms. The Balaban J connectivity index is 1.96. The third kappa shape index (κ3) is 2.64. The van der Waals surface area contributed by atoms with Crippen molar-refractivity contribution in [1.82, 2.24) is 4.98 Å². The monoisotopic (exact) mass is 237 g/mol. The third-order valence-electron chi connectivity index (χ3n) is 1.90. The minimum Gasteiger partial charge on any atom is -0.383 e. The molecule has 2 aromatic heterocycles.